The lowest BCUT2D eigenvalue weighted by molar-refractivity contribution is -0.592. The maximum Gasteiger partial charge on any atom is 0.434 e. The Balaban J connectivity index is 1.61. The van der Waals surface area contributed by atoms with E-state index < -0.39 is 11.9 Å². The fourth-order valence-corrected chi connectivity index (χ4v) is 4.13. The second-order valence-corrected chi connectivity index (χ2v) is 9.53. The molecule has 204 valence electrons. The third kappa shape index (κ3) is 5.95. The SMILES string of the molecule is COc1ncnc(C(C)C)c1-c1ncc(C=N)c([NH2+]Cc2ccc(-c3nc(C(F)(F)F)cn3C(C)C)cc2)n1. The van der Waals surface area contributed by atoms with Gasteiger partial charge in [0.25, 0.3) is 0 Å². The Morgan fingerprint density at radius 2 is 1.77 bits per heavy atom. The molecule has 0 atom stereocenters. The first-order valence-corrected chi connectivity index (χ1v) is 12.4. The van der Waals surface area contributed by atoms with Crippen LogP contribution < -0.4 is 10.1 Å². The second-order valence-electron chi connectivity index (χ2n) is 9.53. The molecule has 0 unspecified atom stereocenters. The quantitative estimate of drug-likeness (QED) is 0.292. The molecule has 0 aliphatic heterocycles. The maximum atomic E-state index is 13.3. The number of imidazole rings is 1. The van der Waals surface area contributed by atoms with Gasteiger partial charge in [0.05, 0.1) is 18.4 Å². The molecule has 12 heteroatoms. The number of halogens is 3. The number of aromatic nitrogens is 6. The van der Waals surface area contributed by atoms with Gasteiger partial charge in [0, 0.05) is 35.8 Å². The van der Waals surface area contributed by atoms with Gasteiger partial charge in [-0.1, -0.05) is 38.1 Å². The number of alkyl halides is 3. The van der Waals surface area contributed by atoms with Crippen molar-refractivity contribution in [3.05, 3.63) is 65.5 Å². The molecule has 3 N–H and O–H groups in total. The van der Waals surface area contributed by atoms with Gasteiger partial charge < -0.3 is 14.7 Å². The first-order chi connectivity index (χ1) is 18.5. The zero-order valence-corrected chi connectivity index (χ0v) is 22.3. The van der Waals surface area contributed by atoms with Crippen molar-refractivity contribution in [2.24, 2.45) is 0 Å². The van der Waals surface area contributed by atoms with Crippen LogP contribution in [0, 0.1) is 5.41 Å². The highest BCUT2D eigenvalue weighted by Gasteiger charge is 2.35. The summed E-state index contributed by atoms with van der Waals surface area (Å²) in [7, 11) is 1.52. The molecule has 0 radical (unpaired) electrons. The molecule has 3 aromatic heterocycles. The van der Waals surface area contributed by atoms with Crippen molar-refractivity contribution in [3.63, 3.8) is 0 Å². The van der Waals surface area contributed by atoms with Crippen LogP contribution in [0.2, 0.25) is 0 Å². The summed E-state index contributed by atoms with van der Waals surface area (Å²) in [5.74, 6) is 1.66. The van der Waals surface area contributed by atoms with Crippen LogP contribution >= 0.6 is 0 Å². The summed E-state index contributed by atoms with van der Waals surface area (Å²) in [5.41, 5.74) is 2.48. The Hall–Kier alpha value is -4.19. The fourth-order valence-electron chi connectivity index (χ4n) is 4.13. The molecular formula is C27H30F3N8O+. The van der Waals surface area contributed by atoms with E-state index in [2.05, 4.69) is 19.9 Å². The lowest BCUT2D eigenvalue weighted by atomic mass is 10.0. The minimum atomic E-state index is -4.52. The van der Waals surface area contributed by atoms with Gasteiger partial charge in [0.1, 0.15) is 24.3 Å². The number of nitrogens with two attached hydrogens (primary N) is 1. The lowest BCUT2D eigenvalue weighted by Crippen LogP contribution is -2.77. The van der Waals surface area contributed by atoms with E-state index in [0.717, 1.165) is 17.5 Å². The number of quaternary nitrogens is 1. The van der Waals surface area contributed by atoms with Gasteiger partial charge in [-0.2, -0.15) is 18.2 Å². The van der Waals surface area contributed by atoms with E-state index in [-0.39, 0.29) is 17.8 Å². The number of methoxy groups -OCH3 is 1. The number of hydrogen-bond acceptors (Lipinski definition) is 7. The number of nitrogens with one attached hydrogen (secondary N) is 1. The summed E-state index contributed by atoms with van der Waals surface area (Å²) >= 11 is 0. The number of hydrogen-bond donors (Lipinski definition) is 2. The van der Waals surface area contributed by atoms with Crippen molar-refractivity contribution in [3.8, 4) is 28.7 Å². The molecule has 4 aromatic rings. The van der Waals surface area contributed by atoms with Crippen molar-refractivity contribution < 1.29 is 23.2 Å². The Morgan fingerprint density at radius 3 is 2.36 bits per heavy atom. The molecule has 39 heavy (non-hydrogen) atoms. The van der Waals surface area contributed by atoms with Crippen LogP contribution in [0.1, 0.15) is 62.2 Å². The van der Waals surface area contributed by atoms with Crippen LogP contribution in [0.25, 0.3) is 22.8 Å². The van der Waals surface area contributed by atoms with Gasteiger partial charge in [0.2, 0.25) is 11.7 Å². The van der Waals surface area contributed by atoms with Crippen molar-refractivity contribution in [1.82, 2.24) is 29.5 Å². The van der Waals surface area contributed by atoms with Crippen molar-refractivity contribution >= 4 is 12.0 Å². The second kappa shape index (κ2) is 11.3. The standard InChI is InChI=1S/C27H29F3N8O/c1-15(2)22-21(26(39-5)35-14-34-22)24-33-12-19(10-31)23(37-24)32-11-17-6-8-18(9-7-17)25-36-20(27(28,29)30)13-38(25)16(3)4/h6-10,12-16,31H,11H2,1-5H3,(H,32,33,37)/p+1. The average Bonchev–Trinajstić information content (AvgIpc) is 3.38. The predicted octanol–water partition coefficient (Wildman–Crippen LogP) is 4.92. The molecule has 0 aliphatic rings. The summed E-state index contributed by atoms with van der Waals surface area (Å²) in [6.07, 6.45) is 0.733. The Labute approximate surface area is 224 Å². The molecule has 3 heterocycles. The third-order valence-corrected chi connectivity index (χ3v) is 6.13. The van der Waals surface area contributed by atoms with Gasteiger partial charge in [-0.25, -0.2) is 19.9 Å². The molecular weight excluding hydrogens is 509 g/mol. The zero-order chi connectivity index (χ0) is 28.3. The highest BCUT2D eigenvalue weighted by molar-refractivity contribution is 5.82. The van der Waals surface area contributed by atoms with Crippen molar-refractivity contribution in [1.29, 1.82) is 5.41 Å². The van der Waals surface area contributed by atoms with E-state index in [1.54, 1.807) is 18.3 Å². The molecule has 0 fully saturated rings. The first kappa shape index (κ1) is 27.8. The summed E-state index contributed by atoms with van der Waals surface area (Å²) in [4.78, 5) is 21.6. The van der Waals surface area contributed by atoms with Crippen LogP contribution in [0.4, 0.5) is 19.0 Å². The molecule has 1 aromatic carbocycles. The third-order valence-electron chi connectivity index (χ3n) is 6.13. The summed E-state index contributed by atoms with van der Waals surface area (Å²) in [5, 5.41) is 9.67. The van der Waals surface area contributed by atoms with Gasteiger partial charge >= 0.3 is 6.18 Å². The topological polar surface area (TPSA) is 119 Å². The zero-order valence-electron chi connectivity index (χ0n) is 22.3. The van der Waals surface area contributed by atoms with Crippen LogP contribution in [0.15, 0.2) is 43.0 Å². The molecule has 0 saturated heterocycles. The van der Waals surface area contributed by atoms with E-state index >= 15 is 0 Å². The van der Waals surface area contributed by atoms with Gasteiger partial charge in [0.15, 0.2) is 11.5 Å². The molecule has 0 aliphatic carbocycles. The Bertz CT molecular complexity index is 1460. The Morgan fingerprint density at radius 1 is 1.05 bits per heavy atom. The van der Waals surface area contributed by atoms with E-state index in [4.69, 9.17) is 15.1 Å². The summed E-state index contributed by atoms with van der Waals surface area (Å²) < 4.78 is 46.8. The van der Waals surface area contributed by atoms with Crippen LogP contribution in [0.5, 0.6) is 5.88 Å². The van der Waals surface area contributed by atoms with Crippen molar-refractivity contribution in [2.45, 2.75) is 52.4 Å². The fraction of sp³-hybridized carbons (Fsp3) is 0.333. The largest absolute Gasteiger partial charge is 0.480 e. The predicted molar refractivity (Wildman–Crippen MR) is 140 cm³/mol. The minimum absolute atomic E-state index is 0.0763. The molecule has 0 saturated carbocycles. The molecule has 9 nitrogen and oxygen atoms in total. The van der Waals surface area contributed by atoms with E-state index in [0.29, 0.717) is 40.8 Å². The molecule has 0 bridgehead atoms. The van der Waals surface area contributed by atoms with Crippen LogP contribution in [-0.4, -0.2) is 42.8 Å². The summed E-state index contributed by atoms with van der Waals surface area (Å²) in [6, 6.07) is 7.02. The van der Waals surface area contributed by atoms with Gasteiger partial charge in [-0.05, 0) is 19.8 Å². The molecule has 4 rings (SSSR count). The number of nitrogens with zero attached hydrogens (tertiary/aromatic N) is 6. The number of rotatable bonds is 9. The smallest absolute Gasteiger partial charge is 0.434 e. The van der Waals surface area contributed by atoms with Crippen molar-refractivity contribution in [2.75, 3.05) is 7.11 Å². The number of benzene rings is 1. The molecule has 0 amide bonds. The van der Waals surface area contributed by atoms with E-state index in [1.165, 1.54) is 24.2 Å². The highest BCUT2D eigenvalue weighted by Crippen LogP contribution is 2.33. The van der Waals surface area contributed by atoms with E-state index in [9.17, 15) is 13.2 Å². The first-order valence-electron chi connectivity index (χ1n) is 12.4. The maximum absolute atomic E-state index is 13.3. The van der Waals surface area contributed by atoms with Crippen LogP contribution in [0.3, 0.4) is 0 Å². The number of ether oxygens (including phenoxy) is 1. The monoisotopic (exact) mass is 539 g/mol. The highest BCUT2D eigenvalue weighted by atomic mass is 19.4. The normalized spacial score (nSPS) is 11.8. The molecule has 0 spiro atoms. The Kier molecular flexibility index (Phi) is 8.05. The van der Waals surface area contributed by atoms with Gasteiger partial charge in [-0.15, -0.1) is 0 Å². The van der Waals surface area contributed by atoms with Gasteiger partial charge in [-0.3, -0.25) is 5.32 Å². The lowest BCUT2D eigenvalue weighted by Gasteiger charge is -2.14. The van der Waals surface area contributed by atoms with Crippen LogP contribution in [-0.2, 0) is 12.7 Å². The summed E-state index contributed by atoms with van der Waals surface area (Å²) in [6.45, 7) is 8.11. The van der Waals surface area contributed by atoms with E-state index in [1.807, 2.05) is 45.1 Å². The average molecular weight is 540 g/mol. The minimum Gasteiger partial charge on any atom is -0.480 e.